The van der Waals surface area contributed by atoms with Gasteiger partial charge in [0.15, 0.2) is 0 Å². The molecule has 0 N–H and O–H groups in total. The van der Waals surface area contributed by atoms with Gasteiger partial charge in [0.2, 0.25) is 0 Å². The first-order chi connectivity index (χ1) is 26.5. The van der Waals surface area contributed by atoms with E-state index < -0.39 is 8.60 Å². The summed E-state index contributed by atoms with van der Waals surface area (Å²) in [5, 5.41) is 6.55. The minimum absolute atomic E-state index is 0.00372. The molecular formula is C54H69O3P. The first kappa shape index (κ1) is 43.5. The molecule has 0 heterocycles. The SMILES string of the molecule is CC(C)(C)c1ccc2c(OP(Oc3cc(C(C)(C)C)cc4cc(C(C)(C)C)ccc34)Oc3cc(C(C)(C)C)cc4cc(C(C)(C)C)ccc34)cc(C(C)(C)C)cc2c1. The summed E-state index contributed by atoms with van der Waals surface area (Å²) >= 11 is 0. The monoisotopic (exact) mass is 796 g/mol. The Hall–Kier alpha value is -4.07. The molecule has 0 spiro atoms. The second kappa shape index (κ2) is 14.9. The topological polar surface area (TPSA) is 27.7 Å². The minimum atomic E-state index is -2.04. The second-order valence-corrected chi connectivity index (χ2v) is 23.7. The Balaban J connectivity index is 1.60. The van der Waals surface area contributed by atoms with E-state index in [9.17, 15) is 0 Å². The van der Waals surface area contributed by atoms with Gasteiger partial charge in [-0.3, -0.25) is 0 Å². The van der Waals surface area contributed by atoms with Crippen molar-refractivity contribution in [1.29, 1.82) is 0 Å². The van der Waals surface area contributed by atoms with Crippen molar-refractivity contribution in [2.45, 2.75) is 157 Å². The van der Waals surface area contributed by atoms with Crippen LogP contribution in [0.25, 0.3) is 32.3 Å². The van der Waals surface area contributed by atoms with Gasteiger partial charge in [0, 0.05) is 16.2 Å². The standard InChI is InChI=1S/C54H69O3P/c1-49(2,3)37-19-22-43-34(25-37)28-40(52(10,11)12)31-46(43)55-58(56-47-32-41(53(13,14)15)29-35-26-38(50(4,5)6)20-23-44(35)47)57-48-33-42(54(16,17)18)30-36-27-39(51(7,8)9)21-24-45(36)48/h19-33H,1-18H3. The molecule has 6 aromatic carbocycles. The molecule has 0 aliphatic rings. The van der Waals surface area contributed by atoms with Crippen molar-refractivity contribution in [2.24, 2.45) is 0 Å². The highest BCUT2D eigenvalue weighted by Gasteiger charge is 2.29. The first-order valence-corrected chi connectivity index (χ1v) is 22.2. The van der Waals surface area contributed by atoms with Crippen LogP contribution in [-0.4, -0.2) is 0 Å². The lowest BCUT2D eigenvalue weighted by atomic mass is 9.83. The van der Waals surface area contributed by atoms with Crippen molar-refractivity contribution in [3.8, 4) is 17.2 Å². The van der Waals surface area contributed by atoms with Crippen LogP contribution in [-0.2, 0) is 32.5 Å². The third-order valence-electron chi connectivity index (χ3n) is 11.5. The molecule has 0 atom stereocenters. The summed E-state index contributed by atoms with van der Waals surface area (Å²) < 4.78 is 21.7. The molecule has 0 radical (unpaired) electrons. The molecule has 308 valence electrons. The van der Waals surface area contributed by atoms with E-state index >= 15 is 0 Å². The van der Waals surface area contributed by atoms with Gasteiger partial charge in [-0.05, 0) is 100 Å². The zero-order chi connectivity index (χ0) is 43.0. The summed E-state index contributed by atoms with van der Waals surface area (Å²) in [4.78, 5) is 0. The van der Waals surface area contributed by atoms with Crippen LogP contribution in [0.15, 0.2) is 91.0 Å². The van der Waals surface area contributed by atoms with Gasteiger partial charge in [0.25, 0.3) is 0 Å². The van der Waals surface area contributed by atoms with Crippen molar-refractivity contribution in [2.75, 3.05) is 0 Å². The fourth-order valence-electron chi connectivity index (χ4n) is 7.23. The smallest absolute Gasteiger partial charge is 0.408 e. The van der Waals surface area contributed by atoms with Gasteiger partial charge < -0.3 is 13.6 Å². The van der Waals surface area contributed by atoms with E-state index in [4.69, 9.17) is 13.6 Å². The van der Waals surface area contributed by atoms with Crippen molar-refractivity contribution in [3.63, 3.8) is 0 Å². The minimum Gasteiger partial charge on any atom is -0.408 e. The summed E-state index contributed by atoms with van der Waals surface area (Å²) in [7, 11) is -2.04. The Morgan fingerprint density at radius 3 is 0.690 bits per heavy atom. The third-order valence-corrected chi connectivity index (χ3v) is 12.5. The lowest BCUT2D eigenvalue weighted by molar-refractivity contribution is 0.391. The third kappa shape index (κ3) is 9.52. The molecule has 6 aromatic rings. The highest BCUT2D eigenvalue weighted by atomic mass is 31.2. The molecule has 6 rings (SSSR count). The Morgan fingerprint density at radius 1 is 0.276 bits per heavy atom. The Morgan fingerprint density at radius 2 is 0.483 bits per heavy atom. The predicted octanol–water partition coefficient (Wildman–Crippen LogP) is 16.7. The second-order valence-electron chi connectivity index (χ2n) is 22.7. The fraction of sp³-hybridized carbons (Fsp3) is 0.444. The van der Waals surface area contributed by atoms with E-state index in [0.717, 1.165) is 49.6 Å². The average molecular weight is 797 g/mol. The van der Waals surface area contributed by atoms with Crippen LogP contribution in [0.1, 0.15) is 158 Å². The molecule has 0 amide bonds. The summed E-state index contributed by atoms with van der Waals surface area (Å²) in [6.45, 7) is 40.7. The van der Waals surface area contributed by atoms with Crippen LogP contribution in [0, 0.1) is 0 Å². The Labute approximate surface area is 351 Å². The summed E-state index contributed by atoms with van der Waals surface area (Å²) in [5.41, 5.74) is 7.11. The summed E-state index contributed by atoms with van der Waals surface area (Å²) in [6.07, 6.45) is 0. The van der Waals surface area contributed by atoms with Crippen LogP contribution in [0.2, 0.25) is 0 Å². The van der Waals surface area contributed by atoms with Gasteiger partial charge in [-0.1, -0.05) is 197 Å². The normalized spacial score (nSPS) is 13.5. The van der Waals surface area contributed by atoms with E-state index in [2.05, 4.69) is 216 Å². The maximum Gasteiger partial charge on any atom is 0.530 e. The van der Waals surface area contributed by atoms with Gasteiger partial charge in [0.1, 0.15) is 17.2 Å². The molecule has 0 aliphatic heterocycles. The molecule has 0 fully saturated rings. The fourth-order valence-corrected chi connectivity index (χ4v) is 8.27. The van der Waals surface area contributed by atoms with Gasteiger partial charge in [-0.25, -0.2) is 0 Å². The molecule has 0 saturated carbocycles. The van der Waals surface area contributed by atoms with Gasteiger partial charge in [-0.15, -0.1) is 0 Å². The number of rotatable bonds is 6. The lowest BCUT2D eigenvalue weighted by Gasteiger charge is -2.27. The maximum absolute atomic E-state index is 7.22. The van der Waals surface area contributed by atoms with Crippen LogP contribution in [0.4, 0.5) is 0 Å². The highest BCUT2D eigenvalue weighted by Crippen LogP contribution is 2.50. The van der Waals surface area contributed by atoms with Crippen molar-refractivity contribution in [3.05, 3.63) is 124 Å². The quantitative estimate of drug-likeness (QED) is 0.157. The van der Waals surface area contributed by atoms with Gasteiger partial charge in [0.05, 0.1) is 0 Å². The number of benzene rings is 6. The zero-order valence-corrected chi connectivity index (χ0v) is 39.7. The van der Waals surface area contributed by atoms with Crippen molar-refractivity contribution >= 4 is 40.9 Å². The predicted molar refractivity (Wildman–Crippen MR) is 253 cm³/mol. The highest BCUT2D eigenvalue weighted by molar-refractivity contribution is 7.43. The van der Waals surface area contributed by atoms with Crippen LogP contribution >= 0.6 is 8.60 Å². The van der Waals surface area contributed by atoms with E-state index in [1.54, 1.807) is 0 Å². The van der Waals surface area contributed by atoms with E-state index in [0.29, 0.717) is 0 Å². The average Bonchev–Trinajstić information content (AvgIpc) is 3.08. The zero-order valence-electron chi connectivity index (χ0n) is 38.8. The molecule has 0 bridgehead atoms. The van der Waals surface area contributed by atoms with Crippen LogP contribution in [0.5, 0.6) is 17.2 Å². The number of fused-ring (bicyclic) bond motifs is 3. The Kier molecular flexibility index (Phi) is 11.2. The lowest BCUT2D eigenvalue weighted by Crippen LogP contribution is -2.14. The number of hydrogen-bond acceptors (Lipinski definition) is 3. The van der Waals surface area contributed by atoms with E-state index in [1.807, 2.05) is 0 Å². The molecular weight excluding hydrogens is 728 g/mol. The van der Waals surface area contributed by atoms with Crippen molar-refractivity contribution < 1.29 is 13.6 Å². The number of hydrogen-bond donors (Lipinski definition) is 0. The van der Waals surface area contributed by atoms with Crippen LogP contribution < -0.4 is 13.6 Å². The molecule has 0 saturated heterocycles. The summed E-state index contributed by atoms with van der Waals surface area (Å²) in [6, 6.07) is 33.8. The van der Waals surface area contributed by atoms with Crippen molar-refractivity contribution in [1.82, 2.24) is 0 Å². The Bertz CT molecular complexity index is 2190. The molecule has 0 aromatic heterocycles. The van der Waals surface area contributed by atoms with E-state index in [1.165, 1.54) is 33.4 Å². The summed E-state index contributed by atoms with van der Waals surface area (Å²) in [5.74, 6) is 2.27. The maximum atomic E-state index is 7.22. The van der Waals surface area contributed by atoms with Gasteiger partial charge >= 0.3 is 8.60 Å². The first-order valence-electron chi connectivity index (χ1n) is 21.1. The van der Waals surface area contributed by atoms with E-state index in [-0.39, 0.29) is 32.5 Å². The largest absolute Gasteiger partial charge is 0.530 e. The molecule has 58 heavy (non-hydrogen) atoms. The van der Waals surface area contributed by atoms with Gasteiger partial charge in [-0.2, -0.15) is 0 Å². The molecule has 0 aliphatic carbocycles. The molecule has 4 heteroatoms. The van der Waals surface area contributed by atoms with Crippen LogP contribution in [0.3, 0.4) is 0 Å². The molecule has 0 unspecified atom stereocenters. The molecule has 3 nitrogen and oxygen atoms in total.